The lowest BCUT2D eigenvalue weighted by Crippen LogP contribution is -2.03. The molecule has 7 rings (SSSR count). The number of fused-ring (bicyclic) bond motifs is 5. The van der Waals surface area contributed by atoms with Crippen molar-refractivity contribution in [2.75, 3.05) is 0 Å². The Morgan fingerprint density at radius 3 is 2.08 bits per heavy atom. The predicted molar refractivity (Wildman–Crippen MR) is 147 cm³/mol. The van der Waals surface area contributed by atoms with Gasteiger partial charge in [-0.3, -0.25) is 4.79 Å². The Labute approximate surface area is 208 Å². The molecule has 170 valence electrons. The number of aromatic nitrogens is 2. The summed E-state index contributed by atoms with van der Waals surface area (Å²) in [5, 5.41) is 3.59. The number of rotatable bonds is 4. The van der Waals surface area contributed by atoms with Gasteiger partial charge in [0.15, 0.2) is 5.78 Å². The van der Waals surface area contributed by atoms with Crippen LogP contribution in [0.15, 0.2) is 134 Å². The Morgan fingerprint density at radius 2 is 1.25 bits per heavy atom. The van der Waals surface area contributed by atoms with E-state index in [9.17, 15) is 4.79 Å². The van der Waals surface area contributed by atoms with E-state index in [0.717, 1.165) is 22.4 Å². The Balaban J connectivity index is 1.51. The molecule has 0 aliphatic heterocycles. The van der Waals surface area contributed by atoms with E-state index >= 15 is 0 Å². The van der Waals surface area contributed by atoms with Crippen LogP contribution in [0.2, 0.25) is 0 Å². The van der Waals surface area contributed by atoms with E-state index in [-0.39, 0.29) is 5.78 Å². The van der Waals surface area contributed by atoms with Crippen molar-refractivity contribution < 1.29 is 4.79 Å². The number of para-hydroxylation sites is 2. The molecule has 0 saturated heterocycles. The zero-order valence-electron chi connectivity index (χ0n) is 19.5. The number of hydrogen-bond acceptors (Lipinski definition) is 1. The van der Waals surface area contributed by atoms with E-state index in [1.165, 1.54) is 21.7 Å². The molecule has 3 nitrogen and oxygen atoms in total. The van der Waals surface area contributed by atoms with Crippen LogP contribution < -0.4 is 0 Å². The maximum Gasteiger partial charge on any atom is 0.193 e. The molecule has 0 atom stereocenters. The van der Waals surface area contributed by atoms with E-state index in [0.29, 0.717) is 11.1 Å². The molecule has 0 amide bonds. The molecular formula is C33H22N2O. The summed E-state index contributed by atoms with van der Waals surface area (Å²) in [7, 11) is 0. The third kappa shape index (κ3) is 3.10. The molecule has 0 aliphatic carbocycles. The maximum absolute atomic E-state index is 13.2. The van der Waals surface area contributed by atoms with Crippen LogP contribution in [0.3, 0.4) is 0 Å². The third-order valence-corrected chi connectivity index (χ3v) is 6.92. The van der Waals surface area contributed by atoms with E-state index in [1.54, 1.807) is 0 Å². The summed E-state index contributed by atoms with van der Waals surface area (Å²) in [6.45, 7) is 0. The van der Waals surface area contributed by atoms with Gasteiger partial charge in [0.2, 0.25) is 0 Å². The van der Waals surface area contributed by atoms with Crippen molar-refractivity contribution in [2.45, 2.75) is 0 Å². The van der Waals surface area contributed by atoms with Gasteiger partial charge in [-0.25, -0.2) is 0 Å². The van der Waals surface area contributed by atoms with Crippen LogP contribution in [0.4, 0.5) is 0 Å². The largest absolute Gasteiger partial charge is 0.316 e. The van der Waals surface area contributed by atoms with Crippen molar-refractivity contribution in [3.63, 3.8) is 0 Å². The number of hydrogen-bond donors (Lipinski definition) is 0. The highest BCUT2D eigenvalue weighted by atomic mass is 16.1. The molecule has 3 heteroatoms. The molecule has 0 N–H and O–H groups in total. The highest BCUT2D eigenvalue weighted by Crippen LogP contribution is 2.38. The first-order valence-corrected chi connectivity index (χ1v) is 12.1. The summed E-state index contributed by atoms with van der Waals surface area (Å²) in [6, 6.07) is 42.9. The summed E-state index contributed by atoms with van der Waals surface area (Å²) in [5.41, 5.74) is 6.89. The fraction of sp³-hybridized carbons (Fsp3) is 0. The number of carbonyl (C=O) groups is 1. The lowest BCUT2D eigenvalue weighted by Gasteiger charge is -2.10. The van der Waals surface area contributed by atoms with Gasteiger partial charge in [0.1, 0.15) is 0 Å². The Morgan fingerprint density at radius 1 is 0.556 bits per heavy atom. The number of benzene rings is 5. The van der Waals surface area contributed by atoms with Crippen LogP contribution in [0, 0.1) is 0 Å². The summed E-state index contributed by atoms with van der Waals surface area (Å²) in [4.78, 5) is 13.2. The molecule has 7 aromatic rings. The van der Waals surface area contributed by atoms with Crippen LogP contribution in [-0.4, -0.2) is 14.9 Å². The summed E-state index contributed by atoms with van der Waals surface area (Å²) >= 11 is 0. The van der Waals surface area contributed by atoms with Crippen LogP contribution >= 0.6 is 0 Å². The highest BCUT2D eigenvalue weighted by molar-refractivity contribution is 6.21. The van der Waals surface area contributed by atoms with Gasteiger partial charge in [-0.2, -0.15) is 0 Å². The fourth-order valence-electron chi connectivity index (χ4n) is 5.31. The van der Waals surface area contributed by atoms with Crippen molar-refractivity contribution in [1.29, 1.82) is 0 Å². The van der Waals surface area contributed by atoms with Crippen molar-refractivity contribution >= 4 is 38.5 Å². The second-order valence-electron chi connectivity index (χ2n) is 9.02. The second kappa shape index (κ2) is 8.10. The Bertz CT molecular complexity index is 1890. The quantitative estimate of drug-likeness (QED) is 0.244. The maximum atomic E-state index is 13.2. The Hall–Kier alpha value is -4.89. The van der Waals surface area contributed by atoms with Crippen LogP contribution in [0.5, 0.6) is 0 Å². The summed E-state index contributed by atoms with van der Waals surface area (Å²) in [5.74, 6) is 0.0264. The van der Waals surface area contributed by atoms with Crippen molar-refractivity contribution in [1.82, 2.24) is 9.13 Å². The molecule has 0 saturated carbocycles. The molecular weight excluding hydrogens is 440 g/mol. The van der Waals surface area contributed by atoms with Crippen molar-refractivity contribution in [3.8, 4) is 11.4 Å². The number of ketones is 1. The SMILES string of the molecule is O=C(c1ccccc1)c1cccc(-n2c3ccccc3c3c4c(ccc32)ccn4-c2ccccc2)c1. The van der Waals surface area contributed by atoms with E-state index in [1.807, 2.05) is 54.6 Å². The highest BCUT2D eigenvalue weighted by Gasteiger charge is 2.18. The van der Waals surface area contributed by atoms with Gasteiger partial charge in [0, 0.05) is 44.9 Å². The topological polar surface area (TPSA) is 26.9 Å². The molecule has 0 aliphatic rings. The monoisotopic (exact) mass is 462 g/mol. The minimum atomic E-state index is 0.0264. The molecule has 2 aromatic heterocycles. The molecule has 0 fully saturated rings. The van der Waals surface area contributed by atoms with E-state index < -0.39 is 0 Å². The van der Waals surface area contributed by atoms with E-state index in [2.05, 4.69) is 88.1 Å². The van der Waals surface area contributed by atoms with Crippen molar-refractivity contribution in [2.24, 2.45) is 0 Å². The predicted octanol–water partition coefficient (Wildman–Crippen LogP) is 7.96. The lowest BCUT2D eigenvalue weighted by atomic mass is 10.0. The molecule has 0 radical (unpaired) electrons. The van der Waals surface area contributed by atoms with Gasteiger partial charge in [0.05, 0.1) is 16.6 Å². The third-order valence-electron chi connectivity index (χ3n) is 6.92. The smallest absolute Gasteiger partial charge is 0.193 e. The zero-order chi connectivity index (χ0) is 24.1. The normalized spacial score (nSPS) is 11.4. The first-order chi connectivity index (χ1) is 17.8. The van der Waals surface area contributed by atoms with Gasteiger partial charge < -0.3 is 9.13 Å². The molecule has 0 spiro atoms. The number of carbonyl (C=O) groups excluding carboxylic acids is 1. The van der Waals surface area contributed by atoms with E-state index in [4.69, 9.17) is 0 Å². The second-order valence-corrected chi connectivity index (χ2v) is 9.02. The molecule has 0 bridgehead atoms. The molecule has 36 heavy (non-hydrogen) atoms. The first-order valence-electron chi connectivity index (χ1n) is 12.1. The average Bonchev–Trinajstić information content (AvgIpc) is 3.53. The average molecular weight is 463 g/mol. The Kier molecular flexibility index (Phi) is 4.61. The first kappa shape index (κ1) is 20.5. The summed E-state index contributed by atoms with van der Waals surface area (Å²) in [6.07, 6.45) is 2.14. The van der Waals surface area contributed by atoms with Gasteiger partial charge in [0.25, 0.3) is 0 Å². The minimum Gasteiger partial charge on any atom is -0.316 e. The van der Waals surface area contributed by atoms with Gasteiger partial charge in [-0.1, -0.05) is 84.9 Å². The van der Waals surface area contributed by atoms with Crippen LogP contribution in [0.25, 0.3) is 44.1 Å². The lowest BCUT2D eigenvalue weighted by molar-refractivity contribution is 0.103. The molecule has 5 aromatic carbocycles. The van der Waals surface area contributed by atoms with Crippen LogP contribution in [-0.2, 0) is 0 Å². The van der Waals surface area contributed by atoms with Gasteiger partial charge >= 0.3 is 0 Å². The van der Waals surface area contributed by atoms with Crippen molar-refractivity contribution in [3.05, 3.63) is 145 Å². The van der Waals surface area contributed by atoms with Gasteiger partial charge in [-0.15, -0.1) is 0 Å². The standard InChI is InChI=1S/C33H22N2O/c36-33(24-10-3-1-4-11-24)25-12-9-15-27(22-25)35-29-17-8-7-16-28(29)31-30(35)19-18-23-20-21-34(32(23)31)26-13-5-2-6-14-26/h1-22H. The zero-order valence-corrected chi connectivity index (χ0v) is 19.5. The van der Waals surface area contributed by atoms with Gasteiger partial charge in [-0.05, 0) is 42.5 Å². The molecule has 2 heterocycles. The minimum absolute atomic E-state index is 0.0264. The molecule has 0 unspecified atom stereocenters. The fourth-order valence-corrected chi connectivity index (χ4v) is 5.31. The summed E-state index contributed by atoms with van der Waals surface area (Å²) < 4.78 is 4.54. The number of nitrogens with zero attached hydrogens (tertiary/aromatic N) is 2. The van der Waals surface area contributed by atoms with Crippen LogP contribution in [0.1, 0.15) is 15.9 Å².